The van der Waals surface area contributed by atoms with Crippen molar-refractivity contribution < 1.29 is 10.2 Å². The van der Waals surface area contributed by atoms with Crippen LogP contribution in [-0.2, 0) is 0 Å². The van der Waals surface area contributed by atoms with Crippen LogP contribution in [0.2, 0.25) is 0 Å². The third kappa shape index (κ3) is 0.686. The van der Waals surface area contributed by atoms with Crippen molar-refractivity contribution in [1.29, 1.82) is 0 Å². The van der Waals surface area contributed by atoms with Gasteiger partial charge in [0, 0.05) is 5.41 Å². The standard InChI is InChI=1S/C10H18O2/c1-9(2)6-4-8(12)10(9,3)5-7(6)11/h6-8,11-12H,4-5H2,1-3H3/t6-,7-,8+,10-/m0/s1. The Labute approximate surface area is 73.6 Å². The van der Waals surface area contributed by atoms with Crippen LogP contribution in [0.15, 0.2) is 0 Å². The molecule has 4 atom stereocenters. The van der Waals surface area contributed by atoms with E-state index in [-0.39, 0.29) is 23.0 Å². The third-order valence-electron chi connectivity index (χ3n) is 4.71. The first kappa shape index (κ1) is 8.52. The molecule has 70 valence electrons. The van der Waals surface area contributed by atoms with Crippen molar-refractivity contribution in [3.63, 3.8) is 0 Å². The summed E-state index contributed by atoms with van der Waals surface area (Å²) in [6.07, 6.45) is 1.16. The first-order valence-corrected chi connectivity index (χ1v) is 4.76. The summed E-state index contributed by atoms with van der Waals surface area (Å²) in [5, 5.41) is 19.5. The largest absolute Gasteiger partial charge is 0.393 e. The monoisotopic (exact) mass is 170 g/mol. The highest BCUT2D eigenvalue weighted by molar-refractivity contribution is 5.13. The van der Waals surface area contributed by atoms with Crippen molar-refractivity contribution >= 4 is 0 Å². The van der Waals surface area contributed by atoms with Crippen LogP contribution in [0.3, 0.4) is 0 Å². The van der Waals surface area contributed by atoms with E-state index in [9.17, 15) is 10.2 Å². The Morgan fingerprint density at radius 2 is 1.75 bits per heavy atom. The maximum atomic E-state index is 9.82. The molecule has 2 aliphatic carbocycles. The summed E-state index contributed by atoms with van der Waals surface area (Å²) in [7, 11) is 0. The third-order valence-corrected chi connectivity index (χ3v) is 4.71. The molecule has 2 aliphatic rings. The maximum Gasteiger partial charge on any atom is 0.0603 e. The Kier molecular flexibility index (Phi) is 1.45. The van der Waals surface area contributed by atoms with Gasteiger partial charge in [-0.25, -0.2) is 0 Å². The van der Waals surface area contributed by atoms with Gasteiger partial charge in [0.05, 0.1) is 12.2 Å². The molecule has 12 heavy (non-hydrogen) atoms. The van der Waals surface area contributed by atoms with E-state index in [1.165, 1.54) is 0 Å². The minimum atomic E-state index is -0.208. The van der Waals surface area contributed by atoms with Crippen LogP contribution in [0.4, 0.5) is 0 Å². The number of hydrogen-bond acceptors (Lipinski definition) is 2. The number of hydrogen-bond donors (Lipinski definition) is 2. The maximum absolute atomic E-state index is 9.82. The molecule has 0 unspecified atom stereocenters. The molecule has 0 spiro atoms. The average molecular weight is 170 g/mol. The van der Waals surface area contributed by atoms with E-state index in [1.54, 1.807) is 0 Å². The van der Waals surface area contributed by atoms with E-state index in [1.807, 2.05) is 0 Å². The van der Waals surface area contributed by atoms with Crippen molar-refractivity contribution in [1.82, 2.24) is 0 Å². The minimum absolute atomic E-state index is 0.0584. The van der Waals surface area contributed by atoms with Crippen molar-refractivity contribution in [3.05, 3.63) is 0 Å². The summed E-state index contributed by atoms with van der Waals surface area (Å²) >= 11 is 0. The van der Waals surface area contributed by atoms with Gasteiger partial charge < -0.3 is 10.2 Å². The van der Waals surface area contributed by atoms with Crippen molar-refractivity contribution in [2.24, 2.45) is 16.7 Å². The summed E-state index contributed by atoms with van der Waals surface area (Å²) in [4.78, 5) is 0. The van der Waals surface area contributed by atoms with E-state index in [2.05, 4.69) is 20.8 Å². The molecule has 0 radical (unpaired) electrons. The number of aliphatic hydroxyl groups excluding tert-OH is 2. The highest BCUT2D eigenvalue weighted by atomic mass is 16.3. The van der Waals surface area contributed by atoms with E-state index in [0.717, 1.165) is 12.8 Å². The van der Waals surface area contributed by atoms with Crippen molar-refractivity contribution in [2.45, 2.75) is 45.8 Å². The van der Waals surface area contributed by atoms with Gasteiger partial charge in [-0.2, -0.15) is 0 Å². The van der Waals surface area contributed by atoms with Gasteiger partial charge in [-0.3, -0.25) is 0 Å². The van der Waals surface area contributed by atoms with E-state index < -0.39 is 0 Å². The molecular weight excluding hydrogens is 152 g/mol. The molecule has 2 saturated carbocycles. The number of fused-ring (bicyclic) bond motifs is 2. The quantitative estimate of drug-likeness (QED) is 0.573. The molecule has 2 rings (SSSR count). The molecule has 0 amide bonds. The lowest BCUT2D eigenvalue weighted by atomic mass is 9.70. The predicted octanol–water partition coefficient (Wildman–Crippen LogP) is 1.16. The van der Waals surface area contributed by atoms with E-state index in [4.69, 9.17) is 0 Å². The van der Waals surface area contributed by atoms with Crippen LogP contribution in [0.25, 0.3) is 0 Å². The van der Waals surface area contributed by atoms with Gasteiger partial charge in [-0.1, -0.05) is 20.8 Å². The zero-order valence-electron chi connectivity index (χ0n) is 8.04. The van der Waals surface area contributed by atoms with Crippen LogP contribution < -0.4 is 0 Å². The fourth-order valence-corrected chi connectivity index (χ4v) is 3.26. The predicted molar refractivity (Wildman–Crippen MR) is 46.6 cm³/mol. The highest BCUT2D eigenvalue weighted by Gasteiger charge is 2.64. The van der Waals surface area contributed by atoms with Gasteiger partial charge >= 0.3 is 0 Å². The van der Waals surface area contributed by atoms with Gasteiger partial charge in [0.15, 0.2) is 0 Å². The zero-order valence-corrected chi connectivity index (χ0v) is 8.04. The molecule has 2 bridgehead atoms. The van der Waals surface area contributed by atoms with Crippen LogP contribution >= 0.6 is 0 Å². The highest BCUT2D eigenvalue weighted by Crippen LogP contribution is 2.65. The van der Waals surface area contributed by atoms with Crippen LogP contribution in [-0.4, -0.2) is 22.4 Å². The Balaban J connectivity index is 2.41. The first-order chi connectivity index (χ1) is 5.39. The molecule has 0 aromatic rings. The summed E-state index contributed by atoms with van der Waals surface area (Å²) in [6, 6.07) is 0. The topological polar surface area (TPSA) is 40.5 Å². The van der Waals surface area contributed by atoms with Gasteiger partial charge in [0.2, 0.25) is 0 Å². The fourth-order valence-electron chi connectivity index (χ4n) is 3.26. The van der Waals surface area contributed by atoms with E-state index in [0.29, 0.717) is 5.92 Å². The van der Waals surface area contributed by atoms with Gasteiger partial charge in [-0.15, -0.1) is 0 Å². The lowest BCUT2D eigenvalue weighted by Gasteiger charge is -2.36. The van der Waals surface area contributed by atoms with Crippen LogP contribution in [0.5, 0.6) is 0 Å². The zero-order chi connectivity index (χ0) is 9.15. The SMILES string of the molecule is CC1(C)[C@H]2C[C@@H](O)[C@]1(C)C[C@@H]2O. The molecule has 2 N–H and O–H groups in total. The van der Waals surface area contributed by atoms with Crippen molar-refractivity contribution in [2.75, 3.05) is 0 Å². The van der Waals surface area contributed by atoms with E-state index >= 15 is 0 Å². The summed E-state index contributed by atoms with van der Waals surface area (Å²) in [6.45, 7) is 6.45. The molecule has 0 aromatic carbocycles. The van der Waals surface area contributed by atoms with Crippen molar-refractivity contribution in [3.8, 4) is 0 Å². The molecule has 2 heteroatoms. The number of rotatable bonds is 0. The molecule has 2 fully saturated rings. The van der Waals surface area contributed by atoms with Crippen LogP contribution in [0.1, 0.15) is 33.6 Å². The second-order valence-electron chi connectivity index (χ2n) is 5.27. The smallest absolute Gasteiger partial charge is 0.0603 e. The summed E-state index contributed by atoms with van der Waals surface area (Å²) < 4.78 is 0. The van der Waals surface area contributed by atoms with Crippen LogP contribution in [0, 0.1) is 16.7 Å². The molecule has 0 saturated heterocycles. The number of aliphatic hydroxyl groups is 2. The Morgan fingerprint density at radius 1 is 1.17 bits per heavy atom. The lowest BCUT2D eigenvalue weighted by molar-refractivity contribution is -0.00727. The summed E-state index contributed by atoms with van der Waals surface area (Å²) in [5.74, 6) is 0.303. The second-order valence-corrected chi connectivity index (χ2v) is 5.27. The molecular formula is C10H18O2. The van der Waals surface area contributed by atoms with Gasteiger partial charge in [0.1, 0.15) is 0 Å². The normalized spacial score (nSPS) is 56.2. The molecule has 0 aliphatic heterocycles. The Bertz CT molecular complexity index is 212. The molecule has 2 nitrogen and oxygen atoms in total. The lowest BCUT2D eigenvalue weighted by Crippen LogP contribution is -2.36. The Hall–Kier alpha value is -0.0800. The molecule has 0 heterocycles. The van der Waals surface area contributed by atoms with Gasteiger partial charge in [0.25, 0.3) is 0 Å². The second kappa shape index (κ2) is 2.05. The molecule has 0 aromatic heterocycles. The fraction of sp³-hybridized carbons (Fsp3) is 1.00. The Morgan fingerprint density at radius 3 is 2.00 bits per heavy atom. The average Bonchev–Trinajstić information content (AvgIpc) is 2.18. The minimum Gasteiger partial charge on any atom is -0.393 e. The first-order valence-electron chi connectivity index (χ1n) is 4.76. The summed E-state index contributed by atoms with van der Waals surface area (Å²) in [5.41, 5.74) is 0.0446. The van der Waals surface area contributed by atoms with Gasteiger partial charge in [-0.05, 0) is 24.2 Å².